The molecule has 0 radical (unpaired) electrons. The number of methoxy groups -OCH3 is 1. The van der Waals surface area contributed by atoms with Gasteiger partial charge in [0, 0.05) is 17.7 Å². The highest BCUT2D eigenvalue weighted by Crippen LogP contribution is 2.29. The van der Waals surface area contributed by atoms with E-state index >= 15 is 0 Å². The van der Waals surface area contributed by atoms with Crippen LogP contribution in [0.4, 0.5) is 0 Å². The number of ether oxygens (including phenoxy) is 2. The van der Waals surface area contributed by atoms with Gasteiger partial charge in [0.15, 0.2) is 0 Å². The predicted molar refractivity (Wildman–Crippen MR) is 70.9 cm³/mol. The quantitative estimate of drug-likeness (QED) is 0.739. The zero-order valence-corrected chi connectivity index (χ0v) is 11.2. The summed E-state index contributed by atoms with van der Waals surface area (Å²) in [6.45, 7) is 5.04. The van der Waals surface area contributed by atoms with Gasteiger partial charge in [-0.15, -0.1) is 0 Å². The molecule has 96 valence electrons. The molecule has 0 aliphatic carbocycles. The monoisotopic (exact) mass is 237 g/mol. The number of nitrogens with one attached hydrogen (secondary N) is 1. The van der Waals surface area contributed by atoms with E-state index in [1.807, 2.05) is 19.2 Å². The summed E-state index contributed by atoms with van der Waals surface area (Å²) in [5.74, 6) is 1.75. The summed E-state index contributed by atoms with van der Waals surface area (Å²) in [6, 6.07) is 6.26. The van der Waals surface area contributed by atoms with Crippen LogP contribution in [0.1, 0.15) is 38.3 Å². The number of rotatable bonds is 7. The molecule has 0 amide bonds. The molecule has 3 nitrogen and oxygen atoms in total. The average Bonchev–Trinajstić information content (AvgIpc) is 2.38. The molecule has 1 aromatic rings. The van der Waals surface area contributed by atoms with Crippen LogP contribution in [0.5, 0.6) is 11.5 Å². The number of hydrogen-bond donors (Lipinski definition) is 1. The zero-order valence-electron chi connectivity index (χ0n) is 11.2. The molecule has 0 aliphatic rings. The molecule has 0 saturated carbocycles. The Labute approximate surface area is 104 Å². The molecule has 1 unspecified atom stereocenters. The fourth-order valence-electron chi connectivity index (χ4n) is 1.61. The Morgan fingerprint density at radius 2 is 2.12 bits per heavy atom. The van der Waals surface area contributed by atoms with Crippen LogP contribution < -0.4 is 14.8 Å². The first-order valence-electron chi connectivity index (χ1n) is 6.21. The van der Waals surface area contributed by atoms with Gasteiger partial charge in [-0.25, -0.2) is 0 Å². The highest BCUT2D eigenvalue weighted by molar-refractivity contribution is 5.42. The van der Waals surface area contributed by atoms with E-state index < -0.39 is 0 Å². The van der Waals surface area contributed by atoms with Crippen molar-refractivity contribution >= 4 is 0 Å². The second-order valence-electron chi connectivity index (χ2n) is 4.12. The summed E-state index contributed by atoms with van der Waals surface area (Å²) in [5, 5.41) is 3.23. The van der Waals surface area contributed by atoms with Crippen molar-refractivity contribution in [3.8, 4) is 11.5 Å². The van der Waals surface area contributed by atoms with E-state index in [0.717, 1.165) is 30.9 Å². The van der Waals surface area contributed by atoms with E-state index in [-0.39, 0.29) is 6.04 Å². The van der Waals surface area contributed by atoms with Gasteiger partial charge >= 0.3 is 0 Å². The second-order valence-corrected chi connectivity index (χ2v) is 4.12. The maximum Gasteiger partial charge on any atom is 0.127 e. The SMILES string of the molecule is CCCCOc1cc(OC)ccc1C(C)NC. The smallest absolute Gasteiger partial charge is 0.127 e. The molecule has 1 rings (SSSR count). The summed E-state index contributed by atoms with van der Waals surface area (Å²) >= 11 is 0. The number of unbranched alkanes of at least 4 members (excludes halogenated alkanes) is 1. The maximum absolute atomic E-state index is 5.82. The van der Waals surface area contributed by atoms with Crippen LogP contribution >= 0.6 is 0 Å². The van der Waals surface area contributed by atoms with Crippen molar-refractivity contribution in [3.05, 3.63) is 23.8 Å². The van der Waals surface area contributed by atoms with Crippen molar-refractivity contribution in [2.75, 3.05) is 20.8 Å². The van der Waals surface area contributed by atoms with Crippen molar-refractivity contribution in [2.45, 2.75) is 32.7 Å². The van der Waals surface area contributed by atoms with Gasteiger partial charge in [0.2, 0.25) is 0 Å². The van der Waals surface area contributed by atoms with Gasteiger partial charge in [-0.3, -0.25) is 0 Å². The van der Waals surface area contributed by atoms with E-state index in [0.29, 0.717) is 0 Å². The summed E-state index contributed by atoms with van der Waals surface area (Å²) in [6.07, 6.45) is 2.21. The average molecular weight is 237 g/mol. The first-order chi connectivity index (χ1) is 8.22. The third-order valence-corrected chi connectivity index (χ3v) is 2.88. The van der Waals surface area contributed by atoms with Gasteiger partial charge in [0.05, 0.1) is 13.7 Å². The topological polar surface area (TPSA) is 30.5 Å². The lowest BCUT2D eigenvalue weighted by molar-refractivity contribution is 0.301. The van der Waals surface area contributed by atoms with E-state index in [4.69, 9.17) is 9.47 Å². The Hall–Kier alpha value is -1.22. The molecule has 0 saturated heterocycles. The van der Waals surface area contributed by atoms with Gasteiger partial charge < -0.3 is 14.8 Å². The molecule has 1 N–H and O–H groups in total. The lowest BCUT2D eigenvalue weighted by Gasteiger charge is -2.17. The third-order valence-electron chi connectivity index (χ3n) is 2.88. The van der Waals surface area contributed by atoms with Crippen LogP contribution in [0.25, 0.3) is 0 Å². The fraction of sp³-hybridized carbons (Fsp3) is 0.571. The third kappa shape index (κ3) is 3.93. The van der Waals surface area contributed by atoms with Gasteiger partial charge in [-0.1, -0.05) is 19.4 Å². The maximum atomic E-state index is 5.82. The molecule has 3 heteroatoms. The van der Waals surface area contributed by atoms with E-state index in [1.54, 1.807) is 7.11 Å². The molecule has 0 bridgehead atoms. The van der Waals surface area contributed by atoms with Gasteiger partial charge in [0.25, 0.3) is 0 Å². The van der Waals surface area contributed by atoms with Crippen LogP contribution in [0.2, 0.25) is 0 Å². The molecule has 0 aliphatic heterocycles. The first kappa shape index (κ1) is 13.8. The molecule has 17 heavy (non-hydrogen) atoms. The first-order valence-corrected chi connectivity index (χ1v) is 6.21. The molecular weight excluding hydrogens is 214 g/mol. The Kier molecular flexibility index (Phi) is 5.84. The van der Waals surface area contributed by atoms with Crippen LogP contribution in [0.3, 0.4) is 0 Å². The molecule has 0 heterocycles. The minimum Gasteiger partial charge on any atom is -0.497 e. The molecule has 0 spiro atoms. The van der Waals surface area contributed by atoms with Crippen LogP contribution in [0, 0.1) is 0 Å². The zero-order chi connectivity index (χ0) is 12.7. The van der Waals surface area contributed by atoms with Crippen molar-refractivity contribution in [2.24, 2.45) is 0 Å². The minimum atomic E-state index is 0.275. The van der Waals surface area contributed by atoms with Crippen molar-refractivity contribution in [1.29, 1.82) is 0 Å². The second kappa shape index (κ2) is 7.17. The molecular formula is C14H23NO2. The summed E-state index contributed by atoms with van der Waals surface area (Å²) in [7, 11) is 3.62. The standard InChI is InChI=1S/C14H23NO2/c1-5-6-9-17-14-10-12(16-4)7-8-13(14)11(2)15-3/h7-8,10-11,15H,5-6,9H2,1-4H3. The van der Waals surface area contributed by atoms with Crippen LogP contribution in [-0.2, 0) is 0 Å². The molecule has 1 aromatic carbocycles. The van der Waals surface area contributed by atoms with Crippen molar-refractivity contribution in [1.82, 2.24) is 5.32 Å². The lowest BCUT2D eigenvalue weighted by Crippen LogP contribution is -2.14. The summed E-state index contributed by atoms with van der Waals surface area (Å²) in [4.78, 5) is 0. The van der Waals surface area contributed by atoms with Crippen molar-refractivity contribution in [3.63, 3.8) is 0 Å². The van der Waals surface area contributed by atoms with Crippen molar-refractivity contribution < 1.29 is 9.47 Å². The normalized spacial score (nSPS) is 12.2. The van der Waals surface area contributed by atoms with E-state index in [9.17, 15) is 0 Å². The Balaban J connectivity index is 2.86. The minimum absolute atomic E-state index is 0.275. The predicted octanol–water partition coefficient (Wildman–Crippen LogP) is 3.15. The highest BCUT2D eigenvalue weighted by Gasteiger charge is 2.11. The summed E-state index contributed by atoms with van der Waals surface area (Å²) < 4.78 is 11.1. The Morgan fingerprint density at radius 3 is 2.71 bits per heavy atom. The van der Waals surface area contributed by atoms with Gasteiger partial charge in [-0.2, -0.15) is 0 Å². The highest BCUT2D eigenvalue weighted by atomic mass is 16.5. The molecule has 1 atom stereocenters. The Bertz CT molecular complexity index is 339. The fourth-order valence-corrected chi connectivity index (χ4v) is 1.61. The van der Waals surface area contributed by atoms with Gasteiger partial charge in [0.1, 0.15) is 11.5 Å². The Morgan fingerprint density at radius 1 is 1.35 bits per heavy atom. The van der Waals surface area contributed by atoms with Gasteiger partial charge in [-0.05, 0) is 26.5 Å². The summed E-state index contributed by atoms with van der Waals surface area (Å²) in [5.41, 5.74) is 1.17. The van der Waals surface area contributed by atoms with E-state index in [2.05, 4.69) is 25.2 Å². The largest absolute Gasteiger partial charge is 0.497 e. The lowest BCUT2D eigenvalue weighted by atomic mass is 10.1. The van der Waals surface area contributed by atoms with Crippen LogP contribution in [-0.4, -0.2) is 20.8 Å². The van der Waals surface area contributed by atoms with E-state index in [1.165, 1.54) is 5.56 Å². The van der Waals surface area contributed by atoms with Crippen LogP contribution in [0.15, 0.2) is 18.2 Å². The molecule has 0 aromatic heterocycles. The number of hydrogen-bond acceptors (Lipinski definition) is 3. The number of benzene rings is 1. The molecule has 0 fully saturated rings.